The van der Waals surface area contributed by atoms with E-state index >= 15 is 0 Å². The van der Waals surface area contributed by atoms with E-state index in [2.05, 4.69) is 44.9 Å². The monoisotopic (exact) mass is 484 g/mol. The number of nitriles is 1. The summed E-state index contributed by atoms with van der Waals surface area (Å²) in [5, 5.41) is 13.9. The first kappa shape index (κ1) is 24.1. The molecule has 0 unspecified atom stereocenters. The molecule has 0 bridgehead atoms. The van der Waals surface area contributed by atoms with Crippen LogP contribution in [0, 0.1) is 23.2 Å². The number of pyridine rings is 2. The quantitative estimate of drug-likeness (QED) is 0.356. The minimum atomic E-state index is 0.290. The first-order chi connectivity index (χ1) is 17.7. The molecule has 5 heterocycles. The molecule has 0 spiro atoms. The first-order valence-electron chi connectivity index (χ1n) is 12.8. The molecule has 0 radical (unpaired) electrons. The molecule has 0 saturated carbocycles. The Morgan fingerprint density at radius 1 is 1.11 bits per heavy atom. The van der Waals surface area contributed by atoms with E-state index in [-0.39, 0.29) is 0 Å². The number of nitrogens with zero attached hydrogens (tertiary/aromatic N) is 6. The first-order valence-corrected chi connectivity index (χ1v) is 12.8. The van der Waals surface area contributed by atoms with Gasteiger partial charge in [-0.1, -0.05) is 11.8 Å². The third kappa shape index (κ3) is 5.46. The molecule has 3 aromatic rings. The van der Waals surface area contributed by atoms with Crippen molar-refractivity contribution < 1.29 is 9.47 Å². The van der Waals surface area contributed by atoms with Crippen molar-refractivity contribution in [1.29, 1.82) is 5.26 Å². The summed E-state index contributed by atoms with van der Waals surface area (Å²) < 4.78 is 13.5. The Hall–Kier alpha value is -3.59. The Labute approximate surface area is 212 Å². The molecule has 2 aliphatic heterocycles. The van der Waals surface area contributed by atoms with Gasteiger partial charge in [0.05, 0.1) is 49.3 Å². The Kier molecular flexibility index (Phi) is 7.66. The summed E-state index contributed by atoms with van der Waals surface area (Å²) in [6.07, 6.45) is 9.64. The summed E-state index contributed by atoms with van der Waals surface area (Å²) in [4.78, 5) is 9.43. The average molecular weight is 485 g/mol. The van der Waals surface area contributed by atoms with Gasteiger partial charge in [0.1, 0.15) is 17.6 Å². The van der Waals surface area contributed by atoms with Crippen molar-refractivity contribution in [2.75, 3.05) is 50.8 Å². The van der Waals surface area contributed by atoms with Gasteiger partial charge in [-0.15, -0.1) is 0 Å². The highest BCUT2D eigenvalue weighted by atomic mass is 16.5. The number of piperidine rings is 1. The maximum absolute atomic E-state index is 9.55. The van der Waals surface area contributed by atoms with Crippen LogP contribution in [0.5, 0.6) is 5.75 Å². The van der Waals surface area contributed by atoms with Gasteiger partial charge in [0.15, 0.2) is 0 Å². The summed E-state index contributed by atoms with van der Waals surface area (Å²) in [5.74, 6) is 8.15. The minimum absolute atomic E-state index is 0.290. The molecule has 2 saturated heterocycles. The van der Waals surface area contributed by atoms with Gasteiger partial charge in [-0.2, -0.15) is 10.4 Å². The standard InChI is InChI=1S/C28H32N6O2/c1-2-35-25-17-26(28-23(18-29)20-31-34(28)21-25)22-7-8-27(30-19-22)33-14-9-24(10-15-33)36-16-5-3-4-11-32-12-6-13-32/h7-8,17,19-21,24H,2,5-6,9-16H2,1H3. The van der Waals surface area contributed by atoms with Crippen LogP contribution in [0.1, 0.15) is 38.2 Å². The molecule has 36 heavy (non-hydrogen) atoms. The molecule has 186 valence electrons. The molecule has 8 heteroatoms. The van der Waals surface area contributed by atoms with Gasteiger partial charge < -0.3 is 14.4 Å². The van der Waals surface area contributed by atoms with Crippen molar-refractivity contribution in [2.45, 2.75) is 38.7 Å². The summed E-state index contributed by atoms with van der Waals surface area (Å²) in [5.41, 5.74) is 3.10. The Morgan fingerprint density at radius 3 is 2.67 bits per heavy atom. The zero-order chi connectivity index (χ0) is 24.7. The number of aromatic nitrogens is 3. The van der Waals surface area contributed by atoms with E-state index < -0.39 is 0 Å². The Bertz CT molecular complexity index is 1270. The second kappa shape index (κ2) is 11.4. The second-order valence-electron chi connectivity index (χ2n) is 9.18. The fourth-order valence-corrected chi connectivity index (χ4v) is 4.70. The maximum atomic E-state index is 9.55. The molecular weight excluding hydrogens is 452 g/mol. The topological polar surface area (TPSA) is 78.9 Å². The molecule has 0 N–H and O–H groups in total. The van der Waals surface area contributed by atoms with Crippen molar-refractivity contribution in [3.63, 3.8) is 0 Å². The van der Waals surface area contributed by atoms with Crippen molar-refractivity contribution >= 4 is 11.3 Å². The van der Waals surface area contributed by atoms with Crippen LogP contribution in [0.3, 0.4) is 0 Å². The van der Waals surface area contributed by atoms with Gasteiger partial charge in [0.2, 0.25) is 0 Å². The molecule has 0 aromatic carbocycles. The second-order valence-corrected chi connectivity index (χ2v) is 9.18. The van der Waals surface area contributed by atoms with Crippen LogP contribution in [0.2, 0.25) is 0 Å². The zero-order valence-corrected chi connectivity index (χ0v) is 20.8. The third-order valence-corrected chi connectivity index (χ3v) is 6.80. The van der Waals surface area contributed by atoms with Crippen LogP contribution in [0.15, 0.2) is 36.8 Å². The fourth-order valence-electron chi connectivity index (χ4n) is 4.70. The normalized spacial score (nSPS) is 16.3. The van der Waals surface area contributed by atoms with Gasteiger partial charge in [-0.05, 0) is 44.4 Å². The predicted molar refractivity (Wildman–Crippen MR) is 139 cm³/mol. The SMILES string of the molecule is CCOc1cc(-c2ccc(N3CCC(OCCC#CCN4CCC4)CC3)nc2)c2c(C#N)cnn2c1. The van der Waals surface area contributed by atoms with Crippen LogP contribution >= 0.6 is 0 Å². The molecule has 2 aliphatic rings. The summed E-state index contributed by atoms with van der Waals surface area (Å²) >= 11 is 0. The number of anilines is 1. The molecule has 5 rings (SSSR count). The molecular formula is C28H32N6O2. The van der Waals surface area contributed by atoms with Gasteiger partial charge in [-0.25, -0.2) is 9.50 Å². The number of fused-ring (bicyclic) bond motifs is 1. The molecule has 8 nitrogen and oxygen atoms in total. The van der Waals surface area contributed by atoms with Crippen molar-refractivity contribution in [1.82, 2.24) is 19.5 Å². The van der Waals surface area contributed by atoms with E-state index in [1.807, 2.05) is 19.2 Å². The number of rotatable bonds is 8. The number of ether oxygens (including phenoxy) is 2. The lowest BCUT2D eigenvalue weighted by atomic mass is 10.0. The van der Waals surface area contributed by atoms with Crippen molar-refractivity contribution in [3.05, 3.63) is 42.4 Å². The summed E-state index contributed by atoms with van der Waals surface area (Å²) in [7, 11) is 0. The van der Waals surface area contributed by atoms with Gasteiger partial charge >= 0.3 is 0 Å². The zero-order valence-electron chi connectivity index (χ0n) is 20.8. The van der Waals surface area contributed by atoms with Crippen molar-refractivity contribution in [2.24, 2.45) is 0 Å². The highest BCUT2D eigenvalue weighted by Crippen LogP contribution is 2.31. The molecule has 0 aliphatic carbocycles. The Morgan fingerprint density at radius 2 is 1.97 bits per heavy atom. The summed E-state index contributed by atoms with van der Waals surface area (Å²) in [6.45, 7) is 8.33. The molecule has 0 atom stereocenters. The van der Waals surface area contributed by atoms with E-state index in [4.69, 9.17) is 14.5 Å². The lowest BCUT2D eigenvalue weighted by Crippen LogP contribution is -2.37. The number of likely N-dealkylation sites (tertiary alicyclic amines) is 1. The Balaban J connectivity index is 1.18. The van der Waals surface area contributed by atoms with Crippen LogP contribution in [0.25, 0.3) is 16.6 Å². The maximum Gasteiger partial charge on any atom is 0.138 e. The lowest BCUT2D eigenvalue weighted by molar-refractivity contribution is 0.0407. The van der Waals surface area contributed by atoms with Gasteiger partial charge in [-0.3, -0.25) is 4.90 Å². The molecule has 3 aromatic heterocycles. The third-order valence-electron chi connectivity index (χ3n) is 6.80. The predicted octanol–water partition coefficient (Wildman–Crippen LogP) is 3.75. The van der Waals surface area contributed by atoms with Gasteiger partial charge in [0, 0.05) is 49.9 Å². The van der Waals surface area contributed by atoms with Crippen LogP contribution in [0.4, 0.5) is 5.82 Å². The van der Waals surface area contributed by atoms with E-state index in [1.165, 1.54) is 19.5 Å². The van der Waals surface area contributed by atoms with E-state index in [9.17, 15) is 5.26 Å². The van der Waals surface area contributed by atoms with Gasteiger partial charge in [0.25, 0.3) is 0 Å². The van der Waals surface area contributed by atoms with E-state index in [1.54, 1.807) is 16.9 Å². The largest absolute Gasteiger partial charge is 0.492 e. The number of hydrogen-bond acceptors (Lipinski definition) is 7. The smallest absolute Gasteiger partial charge is 0.138 e. The molecule has 2 fully saturated rings. The van der Waals surface area contributed by atoms with Crippen molar-refractivity contribution in [3.8, 4) is 34.8 Å². The van der Waals surface area contributed by atoms with E-state index in [0.717, 1.165) is 61.4 Å². The fraction of sp³-hybridized carbons (Fsp3) is 0.464. The van der Waals surface area contributed by atoms with E-state index in [0.29, 0.717) is 30.6 Å². The lowest BCUT2D eigenvalue weighted by Gasteiger charge is -2.32. The highest BCUT2D eigenvalue weighted by molar-refractivity contribution is 5.85. The summed E-state index contributed by atoms with van der Waals surface area (Å²) in [6, 6.07) is 8.30. The number of hydrogen-bond donors (Lipinski definition) is 0. The van der Waals surface area contributed by atoms with Crippen LogP contribution in [-0.4, -0.2) is 71.5 Å². The average Bonchev–Trinajstić information content (AvgIpc) is 3.30. The minimum Gasteiger partial charge on any atom is -0.492 e. The molecule has 0 amide bonds. The van der Waals surface area contributed by atoms with Crippen LogP contribution in [-0.2, 0) is 4.74 Å². The van der Waals surface area contributed by atoms with Crippen LogP contribution < -0.4 is 9.64 Å². The highest BCUT2D eigenvalue weighted by Gasteiger charge is 2.21.